The molecule has 0 saturated heterocycles. The Morgan fingerprint density at radius 3 is 2.71 bits per heavy atom. The van der Waals surface area contributed by atoms with Crippen molar-refractivity contribution in [1.29, 1.82) is 0 Å². The molecule has 0 aromatic carbocycles. The zero-order chi connectivity index (χ0) is 12.3. The minimum Gasteiger partial charge on any atom is -0.388 e. The maximum atomic E-state index is 10.2. The van der Waals surface area contributed by atoms with Gasteiger partial charge in [-0.05, 0) is 43.2 Å². The molecule has 2 nitrogen and oxygen atoms in total. The van der Waals surface area contributed by atoms with E-state index >= 15 is 0 Å². The third-order valence-corrected chi connectivity index (χ3v) is 4.02. The van der Waals surface area contributed by atoms with Gasteiger partial charge < -0.3 is 5.11 Å². The predicted molar refractivity (Wildman–Crippen MR) is 71.3 cm³/mol. The van der Waals surface area contributed by atoms with Crippen LogP contribution in [0.1, 0.15) is 34.0 Å². The van der Waals surface area contributed by atoms with Gasteiger partial charge in [-0.1, -0.05) is 6.92 Å². The number of thiophene rings is 1. The van der Waals surface area contributed by atoms with Gasteiger partial charge in [0.25, 0.3) is 0 Å². The highest BCUT2D eigenvalue weighted by molar-refractivity contribution is 7.11. The fourth-order valence-electron chi connectivity index (χ4n) is 1.81. The summed E-state index contributed by atoms with van der Waals surface area (Å²) < 4.78 is 0. The highest BCUT2D eigenvalue weighted by Gasteiger charge is 2.10. The van der Waals surface area contributed by atoms with Crippen LogP contribution in [0.5, 0.6) is 0 Å². The summed E-state index contributed by atoms with van der Waals surface area (Å²) in [6.07, 6.45) is 3.07. The van der Waals surface area contributed by atoms with Crippen LogP contribution < -0.4 is 0 Å². The van der Waals surface area contributed by atoms with Crippen LogP contribution >= 0.6 is 11.3 Å². The van der Waals surface area contributed by atoms with Gasteiger partial charge in [0.1, 0.15) is 0 Å². The minimum atomic E-state index is -0.431. The Hall–Kier alpha value is -1.19. The second-order valence-corrected chi connectivity index (χ2v) is 5.42. The highest BCUT2D eigenvalue weighted by Crippen LogP contribution is 2.24. The van der Waals surface area contributed by atoms with E-state index in [-0.39, 0.29) is 0 Å². The van der Waals surface area contributed by atoms with Crippen LogP contribution in [0.4, 0.5) is 0 Å². The zero-order valence-electron chi connectivity index (χ0n) is 10.2. The van der Waals surface area contributed by atoms with Crippen molar-refractivity contribution in [1.82, 2.24) is 4.98 Å². The summed E-state index contributed by atoms with van der Waals surface area (Å²) in [5, 5.41) is 10.2. The van der Waals surface area contributed by atoms with Gasteiger partial charge in [0.15, 0.2) is 0 Å². The average molecular weight is 247 g/mol. The maximum absolute atomic E-state index is 10.2. The van der Waals surface area contributed by atoms with Crippen molar-refractivity contribution in [3.63, 3.8) is 0 Å². The molecule has 1 atom stereocenters. The van der Waals surface area contributed by atoms with Gasteiger partial charge in [-0.25, -0.2) is 0 Å². The lowest BCUT2D eigenvalue weighted by atomic mass is 10.1. The Bertz CT molecular complexity index is 492. The third kappa shape index (κ3) is 3.14. The number of hydrogen-bond donors (Lipinski definition) is 1. The third-order valence-electron chi connectivity index (χ3n) is 2.77. The number of hydrogen-bond acceptors (Lipinski definition) is 3. The van der Waals surface area contributed by atoms with Gasteiger partial charge in [0.05, 0.1) is 6.10 Å². The molecule has 0 radical (unpaired) electrons. The van der Waals surface area contributed by atoms with E-state index in [2.05, 4.69) is 24.0 Å². The van der Waals surface area contributed by atoms with Gasteiger partial charge in [-0.2, -0.15) is 0 Å². The largest absolute Gasteiger partial charge is 0.388 e. The van der Waals surface area contributed by atoms with Crippen LogP contribution in [-0.4, -0.2) is 10.1 Å². The quantitative estimate of drug-likeness (QED) is 0.899. The van der Waals surface area contributed by atoms with Crippen LogP contribution in [0.3, 0.4) is 0 Å². The smallest absolute Gasteiger partial charge is 0.0839 e. The summed E-state index contributed by atoms with van der Waals surface area (Å²) >= 11 is 1.78. The topological polar surface area (TPSA) is 33.1 Å². The summed E-state index contributed by atoms with van der Waals surface area (Å²) in [5.41, 5.74) is 1.89. The molecule has 0 bridgehead atoms. The number of aliphatic hydroxyl groups excluding tert-OH is 1. The number of aryl methyl sites for hydroxylation is 2. The molecule has 1 N–H and O–H groups in total. The molecule has 2 rings (SSSR count). The second-order valence-electron chi connectivity index (χ2n) is 4.17. The number of aliphatic hydroxyl groups is 1. The van der Waals surface area contributed by atoms with Gasteiger partial charge in [0, 0.05) is 28.1 Å². The monoisotopic (exact) mass is 247 g/mol. The Morgan fingerprint density at radius 1 is 1.29 bits per heavy atom. The number of nitrogens with zero attached hydrogens (tertiary/aromatic N) is 1. The van der Waals surface area contributed by atoms with Gasteiger partial charge in [-0.3, -0.25) is 4.98 Å². The molecule has 0 aliphatic carbocycles. The summed E-state index contributed by atoms with van der Waals surface area (Å²) in [4.78, 5) is 6.75. The Labute approximate surface area is 106 Å². The Kier molecular flexibility index (Phi) is 3.92. The van der Waals surface area contributed by atoms with Crippen LogP contribution in [-0.2, 0) is 12.8 Å². The van der Waals surface area contributed by atoms with Crippen LogP contribution in [0.25, 0.3) is 0 Å². The van der Waals surface area contributed by atoms with Crippen molar-refractivity contribution in [3.05, 3.63) is 51.5 Å². The van der Waals surface area contributed by atoms with Crippen molar-refractivity contribution in [2.45, 2.75) is 32.8 Å². The lowest BCUT2D eigenvalue weighted by Crippen LogP contribution is -2.01. The van der Waals surface area contributed by atoms with Crippen LogP contribution in [0.15, 0.2) is 30.5 Å². The maximum Gasteiger partial charge on any atom is 0.0839 e. The molecule has 2 aromatic heterocycles. The summed E-state index contributed by atoms with van der Waals surface area (Å²) in [7, 11) is 0. The first-order chi connectivity index (χ1) is 8.19. The molecule has 1 unspecified atom stereocenters. The number of rotatable bonds is 4. The van der Waals surface area contributed by atoms with Gasteiger partial charge >= 0.3 is 0 Å². The molecule has 0 fully saturated rings. The molecule has 0 amide bonds. The molecule has 2 aromatic rings. The second kappa shape index (κ2) is 5.43. The highest BCUT2D eigenvalue weighted by atomic mass is 32.1. The van der Waals surface area contributed by atoms with Crippen molar-refractivity contribution in [2.75, 3.05) is 0 Å². The van der Waals surface area contributed by atoms with Crippen LogP contribution in [0.2, 0.25) is 0 Å². The predicted octanol–water partition coefficient (Wildman–Crippen LogP) is 3.29. The fourth-order valence-corrected chi connectivity index (χ4v) is 2.80. The first kappa shape index (κ1) is 12.3. The number of aromatic nitrogens is 1. The molecule has 17 heavy (non-hydrogen) atoms. The van der Waals surface area contributed by atoms with Crippen molar-refractivity contribution >= 4 is 11.3 Å². The zero-order valence-corrected chi connectivity index (χ0v) is 11.0. The van der Waals surface area contributed by atoms with Crippen LogP contribution in [0, 0.1) is 6.92 Å². The normalized spacial score (nSPS) is 12.6. The number of pyridine rings is 1. The Balaban J connectivity index is 2.08. The lowest BCUT2D eigenvalue weighted by molar-refractivity contribution is 0.179. The van der Waals surface area contributed by atoms with E-state index in [1.807, 2.05) is 19.1 Å². The first-order valence-corrected chi connectivity index (χ1v) is 6.69. The molecular weight excluding hydrogens is 230 g/mol. The van der Waals surface area contributed by atoms with Gasteiger partial charge in [0.2, 0.25) is 0 Å². The molecule has 3 heteroatoms. The molecule has 0 aliphatic heterocycles. The summed E-state index contributed by atoms with van der Waals surface area (Å²) in [6.45, 7) is 4.09. The van der Waals surface area contributed by atoms with E-state index in [4.69, 9.17) is 0 Å². The van der Waals surface area contributed by atoms with E-state index in [9.17, 15) is 5.11 Å². The van der Waals surface area contributed by atoms with Crippen molar-refractivity contribution in [2.24, 2.45) is 0 Å². The molecule has 0 saturated carbocycles. The average Bonchev–Trinajstić information content (AvgIpc) is 2.77. The van der Waals surface area contributed by atoms with E-state index in [0.717, 1.165) is 17.7 Å². The Morgan fingerprint density at radius 2 is 2.06 bits per heavy atom. The first-order valence-electron chi connectivity index (χ1n) is 5.87. The van der Waals surface area contributed by atoms with E-state index in [1.54, 1.807) is 17.5 Å². The molecular formula is C14H17NOS. The minimum absolute atomic E-state index is 0.431. The van der Waals surface area contributed by atoms with Crippen molar-refractivity contribution in [3.8, 4) is 0 Å². The van der Waals surface area contributed by atoms with E-state index in [1.165, 1.54) is 9.75 Å². The molecule has 0 aliphatic rings. The SMILES string of the molecule is CCc1ccc(CC(O)c2ccnc(C)c2)s1. The lowest BCUT2D eigenvalue weighted by Gasteiger charge is -2.09. The molecule has 2 heterocycles. The summed E-state index contributed by atoms with van der Waals surface area (Å²) in [5.74, 6) is 0. The van der Waals surface area contributed by atoms with E-state index < -0.39 is 6.10 Å². The van der Waals surface area contributed by atoms with E-state index in [0.29, 0.717) is 6.42 Å². The molecule has 0 spiro atoms. The van der Waals surface area contributed by atoms with Crippen molar-refractivity contribution < 1.29 is 5.11 Å². The molecule has 90 valence electrons. The summed E-state index contributed by atoms with van der Waals surface area (Å²) in [6, 6.07) is 8.08. The standard InChI is InChI=1S/C14H17NOS/c1-3-12-4-5-13(17-12)9-14(16)11-6-7-15-10(2)8-11/h4-8,14,16H,3,9H2,1-2H3. The van der Waals surface area contributed by atoms with Gasteiger partial charge in [-0.15, -0.1) is 11.3 Å². The fraction of sp³-hybridized carbons (Fsp3) is 0.357.